The van der Waals surface area contributed by atoms with Gasteiger partial charge < -0.3 is 19.5 Å². The number of likely N-dealkylation sites (tertiary alicyclic amines) is 1. The van der Waals surface area contributed by atoms with E-state index < -0.39 is 0 Å². The van der Waals surface area contributed by atoms with Crippen LogP contribution < -0.4 is 10.1 Å². The van der Waals surface area contributed by atoms with Gasteiger partial charge in [0, 0.05) is 31.5 Å². The Hall–Kier alpha value is -2.12. The van der Waals surface area contributed by atoms with Gasteiger partial charge in [-0.25, -0.2) is 0 Å². The summed E-state index contributed by atoms with van der Waals surface area (Å²) in [5.74, 6) is 3.47. The number of fused-ring (bicyclic) bond motifs is 1. The molecule has 0 spiro atoms. The zero-order chi connectivity index (χ0) is 18.6. The van der Waals surface area contributed by atoms with Gasteiger partial charge in [0.2, 0.25) is 17.6 Å². The Morgan fingerprint density at radius 1 is 1.21 bits per heavy atom. The largest absolute Gasteiger partial charge is 0.497 e. The second-order valence-electron chi connectivity index (χ2n) is 7.38. The lowest BCUT2D eigenvalue weighted by molar-refractivity contribution is -0.131. The molecule has 1 aromatic carbocycles. The monoisotopic (exact) mass is 406 g/mol. The fraction of sp³-hybridized carbons (Fsp3) is 0.550. The normalized spacial score (nSPS) is 21.5. The number of carbonyl (C=O) groups excluding carboxylic acids is 1. The van der Waals surface area contributed by atoms with Crippen LogP contribution in [0.25, 0.3) is 11.4 Å². The Morgan fingerprint density at radius 3 is 2.54 bits per heavy atom. The summed E-state index contributed by atoms with van der Waals surface area (Å²) in [5.41, 5.74) is 0.866. The zero-order valence-electron chi connectivity index (χ0n) is 16.1. The molecule has 2 aromatic rings. The third-order valence-electron chi connectivity index (χ3n) is 5.74. The van der Waals surface area contributed by atoms with E-state index in [1.165, 1.54) is 0 Å². The molecule has 0 saturated carbocycles. The fourth-order valence-corrected chi connectivity index (χ4v) is 4.05. The maximum absolute atomic E-state index is 12.6. The number of aromatic nitrogens is 2. The number of ether oxygens (including phenoxy) is 1. The maximum Gasteiger partial charge on any atom is 0.227 e. The van der Waals surface area contributed by atoms with Crippen LogP contribution in [-0.2, 0) is 11.2 Å². The molecule has 1 N–H and O–H groups in total. The topological polar surface area (TPSA) is 80.5 Å². The highest BCUT2D eigenvalue weighted by Gasteiger charge is 2.31. The molecular formula is C20H27ClN4O3. The first-order valence-electron chi connectivity index (χ1n) is 9.68. The number of nitrogens with zero attached hydrogens (tertiary/aromatic N) is 3. The van der Waals surface area contributed by atoms with Crippen molar-refractivity contribution in [1.29, 1.82) is 0 Å². The predicted molar refractivity (Wildman–Crippen MR) is 108 cm³/mol. The van der Waals surface area contributed by atoms with Gasteiger partial charge >= 0.3 is 0 Å². The molecule has 1 aromatic heterocycles. The lowest BCUT2D eigenvalue weighted by Gasteiger charge is -2.20. The minimum absolute atomic E-state index is 0. The molecule has 8 heteroatoms. The molecule has 2 aliphatic heterocycles. The summed E-state index contributed by atoms with van der Waals surface area (Å²) in [6, 6.07) is 7.50. The van der Waals surface area contributed by atoms with Crippen LogP contribution in [0.2, 0.25) is 0 Å². The first kappa shape index (κ1) is 20.6. The van der Waals surface area contributed by atoms with Crippen LogP contribution in [0, 0.1) is 11.8 Å². The summed E-state index contributed by atoms with van der Waals surface area (Å²) < 4.78 is 10.5. The van der Waals surface area contributed by atoms with Crippen molar-refractivity contribution in [2.75, 3.05) is 33.3 Å². The van der Waals surface area contributed by atoms with Gasteiger partial charge in [0.15, 0.2) is 0 Å². The Kier molecular flexibility index (Phi) is 6.91. The first-order valence-corrected chi connectivity index (χ1v) is 9.68. The van der Waals surface area contributed by atoms with E-state index in [1.807, 2.05) is 29.2 Å². The van der Waals surface area contributed by atoms with Crippen molar-refractivity contribution in [3.63, 3.8) is 0 Å². The lowest BCUT2D eigenvalue weighted by atomic mass is 9.92. The molecule has 1 amide bonds. The van der Waals surface area contributed by atoms with Gasteiger partial charge in [0.1, 0.15) is 5.75 Å². The summed E-state index contributed by atoms with van der Waals surface area (Å²) in [7, 11) is 1.63. The van der Waals surface area contributed by atoms with E-state index >= 15 is 0 Å². The highest BCUT2D eigenvalue weighted by atomic mass is 35.5. The average Bonchev–Trinajstić information content (AvgIpc) is 3.32. The quantitative estimate of drug-likeness (QED) is 0.821. The van der Waals surface area contributed by atoms with E-state index in [-0.39, 0.29) is 18.3 Å². The molecule has 7 nitrogen and oxygen atoms in total. The number of carbonyl (C=O) groups is 1. The maximum atomic E-state index is 12.6. The van der Waals surface area contributed by atoms with Crippen LogP contribution in [0.5, 0.6) is 5.75 Å². The van der Waals surface area contributed by atoms with Crippen LogP contribution in [0.3, 0.4) is 0 Å². The van der Waals surface area contributed by atoms with Gasteiger partial charge in [-0.05, 0) is 62.0 Å². The Morgan fingerprint density at radius 2 is 1.89 bits per heavy atom. The highest BCUT2D eigenvalue weighted by Crippen LogP contribution is 2.27. The fourth-order valence-electron chi connectivity index (χ4n) is 4.05. The molecule has 0 bridgehead atoms. The van der Waals surface area contributed by atoms with Crippen molar-refractivity contribution in [2.45, 2.75) is 25.7 Å². The molecule has 0 aliphatic carbocycles. The highest BCUT2D eigenvalue weighted by molar-refractivity contribution is 5.85. The van der Waals surface area contributed by atoms with Gasteiger partial charge in [0.25, 0.3) is 0 Å². The Labute approximate surface area is 171 Å². The molecular weight excluding hydrogens is 380 g/mol. The number of nitrogens with one attached hydrogen (secondary N) is 1. The van der Waals surface area contributed by atoms with E-state index in [0.717, 1.165) is 62.2 Å². The van der Waals surface area contributed by atoms with Crippen molar-refractivity contribution in [1.82, 2.24) is 20.4 Å². The van der Waals surface area contributed by atoms with Crippen molar-refractivity contribution < 1.29 is 14.1 Å². The molecule has 2 saturated heterocycles. The number of amides is 1. The number of benzene rings is 1. The number of halogens is 1. The molecule has 28 heavy (non-hydrogen) atoms. The molecule has 2 aliphatic rings. The zero-order valence-corrected chi connectivity index (χ0v) is 16.9. The second-order valence-corrected chi connectivity index (χ2v) is 7.38. The van der Waals surface area contributed by atoms with E-state index in [4.69, 9.17) is 9.26 Å². The number of aryl methyl sites for hydroxylation is 1. The minimum atomic E-state index is 0. The second kappa shape index (κ2) is 9.39. The SMILES string of the molecule is COc1ccc(-c2noc(CCC(=O)N3CC[C@@H]4CNC[C@@H]4CC3)n2)cc1.Cl. The molecule has 2 atom stereocenters. The summed E-state index contributed by atoms with van der Waals surface area (Å²) in [6.07, 6.45) is 3.10. The Balaban J connectivity index is 0.00000225. The summed E-state index contributed by atoms with van der Waals surface area (Å²) in [4.78, 5) is 19.0. The summed E-state index contributed by atoms with van der Waals surface area (Å²) >= 11 is 0. The van der Waals surface area contributed by atoms with E-state index in [1.54, 1.807) is 7.11 Å². The number of hydrogen-bond donors (Lipinski definition) is 1. The molecule has 152 valence electrons. The third-order valence-corrected chi connectivity index (χ3v) is 5.74. The van der Waals surface area contributed by atoms with Crippen LogP contribution in [0.1, 0.15) is 25.2 Å². The van der Waals surface area contributed by atoms with E-state index in [0.29, 0.717) is 24.6 Å². The van der Waals surface area contributed by atoms with Crippen LogP contribution >= 0.6 is 12.4 Å². The predicted octanol–water partition coefficient (Wildman–Crippen LogP) is 2.56. The number of methoxy groups -OCH3 is 1. The van der Waals surface area contributed by atoms with Crippen LogP contribution in [0.15, 0.2) is 28.8 Å². The van der Waals surface area contributed by atoms with Crippen LogP contribution in [0.4, 0.5) is 0 Å². The minimum Gasteiger partial charge on any atom is -0.497 e. The van der Waals surface area contributed by atoms with Gasteiger partial charge in [-0.2, -0.15) is 4.98 Å². The van der Waals surface area contributed by atoms with Gasteiger partial charge in [0.05, 0.1) is 7.11 Å². The third kappa shape index (κ3) is 4.64. The van der Waals surface area contributed by atoms with Crippen molar-refractivity contribution >= 4 is 18.3 Å². The molecule has 0 unspecified atom stereocenters. The Bertz CT molecular complexity index is 766. The van der Waals surface area contributed by atoms with Crippen molar-refractivity contribution in [2.24, 2.45) is 11.8 Å². The molecule has 0 radical (unpaired) electrons. The van der Waals surface area contributed by atoms with Crippen molar-refractivity contribution in [3.8, 4) is 17.1 Å². The lowest BCUT2D eigenvalue weighted by Crippen LogP contribution is -2.32. The van der Waals surface area contributed by atoms with Crippen molar-refractivity contribution in [3.05, 3.63) is 30.2 Å². The summed E-state index contributed by atoms with van der Waals surface area (Å²) in [5, 5.41) is 7.49. The van der Waals surface area contributed by atoms with E-state index in [2.05, 4.69) is 15.5 Å². The first-order chi connectivity index (χ1) is 13.2. The molecule has 3 heterocycles. The van der Waals surface area contributed by atoms with Crippen LogP contribution in [-0.4, -0.2) is 54.2 Å². The number of rotatable bonds is 5. The van der Waals surface area contributed by atoms with Gasteiger partial charge in [-0.15, -0.1) is 12.4 Å². The number of hydrogen-bond acceptors (Lipinski definition) is 6. The van der Waals surface area contributed by atoms with Gasteiger partial charge in [-0.1, -0.05) is 5.16 Å². The smallest absolute Gasteiger partial charge is 0.227 e. The summed E-state index contributed by atoms with van der Waals surface area (Å²) in [6.45, 7) is 3.93. The molecule has 2 fully saturated rings. The van der Waals surface area contributed by atoms with E-state index in [9.17, 15) is 4.79 Å². The average molecular weight is 407 g/mol. The van der Waals surface area contributed by atoms with Gasteiger partial charge in [-0.3, -0.25) is 4.79 Å². The molecule has 4 rings (SSSR count). The standard InChI is InChI=1S/C20H26N4O3.ClH/c1-26-17-4-2-14(3-5-17)20-22-18(27-23-20)6-7-19(25)24-10-8-15-12-21-13-16(15)9-11-24;/h2-5,15-16,21H,6-13H2,1H3;1H/t15-,16+;.